The van der Waals surface area contributed by atoms with Gasteiger partial charge in [-0.05, 0) is 28.8 Å². The molecule has 0 saturated carbocycles. The van der Waals surface area contributed by atoms with Gasteiger partial charge in [0.05, 0.1) is 6.42 Å². The van der Waals surface area contributed by atoms with Crippen molar-refractivity contribution < 1.29 is 9.59 Å². The fourth-order valence-corrected chi connectivity index (χ4v) is 4.01. The third-order valence-corrected chi connectivity index (χ3v) is 5.92. The van der Waals surface area contributed by atoms with Gasteiger partial charge >= 0.3 is 0 Å². The molecule has 0 unspecified atom stereocenters. The zero-order chi connectivity index (χ0) is 22.9. The van der Waals surface area contributed by atoms with Crippen molar-refractivity contribution in [3.05, 3.63) is 90.5 Å². The minimum Gasteiger partial charge on any atom is -0.369 e. The van der Waals surface area contributed by atoms with Gasteiger partial charge in [0.15, 0.2) is 0 Å². The van der Waals surface area contributed by atoms with E-state index in [1.807, 2.05) is 48.5 Å². The lowest BCUT2D eigenvalue weighted by Crippen LogP contribution is -2.48. The van der Waals surface area contributed by atoms with Crippen LogP contribution in [0, 0.1) is 0 Å². The number of benzene rings is 3. The number of carbonyl (C=O) groups excluding carboxylic acids is 2. The molecule has 1 aliphatic heterocycles. The molecule has 6 heteroatoms. The Kier molecular flexibility index (Phi) is 7.72. The number of nitrogens with zero attached hydrogens (tertiary/aromatic N) is 2. The second-order valence-corrected chi connectivity index (χ2v) is 8.25. The van der Waals surface area contributed by atoms with Crippen LogP contribution in [0.25, 0.3) is 11.1 Å². The van der Waals surface area contributed by atoms with Crippen LogP contribution in [0.2, 0.25) is 0 Å². The first kappa shape index (κ1) is 22.6. The fourth-order valence-electron chi connectivity index (χ4n) is 4.01. The summed E-state index contributed by atoms with van der Waals surface area (Å²) in [4.78, 5) is 29.0. The minimum atomic E-state index is -0.229. The molecule has 0 radical (unpaired) electrons. The van der Waals surface area contributed by atoms with E-state index in [1.54, 1.807) is 0 Å². The number of para-hydroxylation sites is 1. The highest BCUT2D eigenvalue weighted by molar-refractivity contribution is 5.83. The molecule has 0 aromatic heterocycles. The van der Waals surface area contributed by atoms with Crippen LogP contribution in [0.3, 0.4) is 0 Å². The predicted octanol–water partition coefficient (Wildman–Crippen LogP) is 3.26. The Bertz CT molecular complexity index is 1030. The Labute approximate surface area is 195 Å². The molecule has 2 amide bonds. The van der Waals surface area contributed by atoms with Crippen molar-refractivity contribution in [3.63, 3.8) is 0 Å². The molecule has 1 heterocycles. The molecule has 4 rings (SSSR count). The molecule has 33 heavy (non-hydrogen) atoms. The van der Waals surface area contributed by atoms with Crippen molar-refractivity contribution in [2.75, 3.05) is 37.6 Å². The van der Waals surface area contributed by atoms with Gasteiger partial charge in [-0.3, -0.25) is 25.3 Å². The molecule has 1 saturated heterocycles. The van der Waals surface area contributed by atoms with Gasteiger partial charge in [0, 0.05) is 44.8 Å². The molecule has 6 nitrogen and oxygen atoms in total. The molecule has 0 aliphatic carbocycles. The zero-order valence-corrected chi connectivity index (χ0v) is 18.7. The number of nitrogens with one attached hydrogen (secondary N) is 2. The summed E-state index contributed by atoms with van der Waals surface area (Å²) in [5.74, 6) is -0.402. The van der Waals surface area contributed by atoms with Crippen molar-refractivity contribution in [2.24, 2.45) is 0 Å². The van der Waals surface area contributed by atoms with Crippen LogP contribution in [0.5, 0.6) is 0 Å². The molecule has 0 spiro atoms. The summed E-state index contributed by atoms with van der Waals surface area (Å²) >= 11 is 0. The van der Waals surface area contributed by atoms with Gasteiger partial charge < -0.3 is 4.90 Å². The van der Waals surface area contributed by atoms with Crippen LogP contribution in [-0.2, 0) is 16.0 Å². The topological polar surface area (TPSA) is 64.7 Å². The van der Waals surface area contributed by atoms with E-state index >= 15 is 0 Å². The highest BCUT2D eigenvalue weighted by Crippen LogP contribution is 2.19. The minimum absolute atomic E-state index is 0.173. The SMILES string of the molecule is O=C(CCN1CCN(c2ccccc2)CC1)NNC(=O)Cc1ccc(-c2ccccc2)cc1. The van der Waals surface area contributed by atoms with Gasteiger partial charge in [0.25, 0.3) is 0 Å². The second kappa shape index (κ2) is 11.3. The van der Waals surface area contributed by atoms with Crippen molar-refractivity contribution in [2.45, 2.75) is 12.8 Å². The predicted molar refractivity (Wildman–Crippen MR) is 132 cm³/mol. The maximum absolute atomic E-state index is 12.2. The van der Waals surface area contributed by atoms with Gasteiger partial charge in [-0.15, -0.1) is 0 Å². The summed E-state index contributed by atoms with van der Waals surface area (Å²) in [7, 11) is 0. The third kappa shape index (κ3) is 6.67. The zero-order valence-electron chi connectivity index (χ0n) is 18.7. The smallest absolute Gasteiger partial charge is 0.242 e. The van der Waals surface area contributed by atoms with Gasteiger partial charge in [-0.1, -0.05) is 72.8 Å². The summed E-state index contributed by atoms with van der Waals surface area (Å²) in [5.41, 5.74) is 9.46. The average Bonchev–Trinajstić information content (AvgIpc) is 2.88. The number of amides is 2. The number of rotatable bonds is 7. The lowest BCUT2D eigenvalue weighted by molar-refractivity contribution is -0.128. The van der Waals surface area contributed by atoms with Gasteiger partial charge in [-0.2, -0.15) is 0 Å². The van der Waals surface area contributed by atoms with Crippen LogP contribution in [0.1, 0.15) is 12.0 Å². The lowest BCUT2D eigenvalue weighted by atomic mass is 10.0. The third-order valence-electron chi connectivity index (χ3n) is 5.92. The van der Waals surface area contributed by atoms with Crippen LogP contribution in [0.15, 0.2) is 84.9 Å². The van der Waals surface area contributed by atoms with Gasteiger partial charge in [-0.25, -0.2) is 0 Å². The monoisotopic (exact) mass is 442 g/mol. The van der Waals surface area contributed by atoms with Crippen LogP contribution >= 0.6 is 0 Å². The van der Waals surface area contributed by atoms with Crippen LogP contribution in [0.4, 0.5) is 5.69 Å². The summed E-state index contributed by atoms with van der Waals surface area (Å²) in [5, 5.41) is 0. The van der Waals surface area contributed by atoms with E-state index in [9.17, 15) is 9.59 Å². The van der Waals surface area contributed by atoms with E-state index in [1.165, 1.54) is 5.69 Å². The highest BCUT2D eigenvalue weighted by Gasteiger charge is 2.17. The summed E-state index contributed by atoms with van der Waals surface area (Å²) in [6.07, 6.45) is 0.578. The summed E-state index contributed by atoms with van der Waals surface area (Å²) in [6, 6.07) is 28.4. The Morgan fingerprint density at radius 3 is 1.91 bits per heavy atom. The number of hydrazine groups is 1. The van der Waals surface area contributed by atoms with E-state index < -0.39 is 0 Å². The maximum Gasteiger partial charge on any atom is 0.242 e. The summed E-state index contributed by atoms with van der Waals surface area (Å²) in [6.45, 7) is 4.43. The lowest BCUT2D eigenvalue weighted by Gasteiger charge is -2.36. The quantitative estimate of drug-likeness (QED) is 0.552. The van der Waals surface area contributed by atoms with E-state index in [0.717, 1.165) is 42.9 Å². The molecule has 3 aromatic carbocycles. The second-order valence-electron chi connectivity index (χ2n) is 8.25. The number of piperazine rings is 1. The van der Waals surface area contributed by atoms with Gasteiger partial charge in [0.1, 0.15) is 0 Å². The molecule has 1 fully saturated rings. The first-order valence-electron chi connectivity index (χ1n) is 11.4. The summed E-state index contributed by atoms with van der Waals surface area (Å²) < 4.78 is 0. The van der Waals surface area contributed by atoms with E-state index in [2.05, 4.69) is 57.0 Å². The highest BCUT2D eigenvalue weighted by atomic mass is 16.2. The van der Waals surface area contributed by atoms with Crippen molar-refractivity contribution in [1.82, 2.24) is 15.8 Å². The number of anilines is 1. The molecule has 0 atom stereocenters. The Morgan fingerprint density at radius 1 is 0.667 bits per heavy atom. The van der Waals surface area contributed by atoms with E-state index in [-0.39, 0.29) is 18.2 Å². The van der Waals surface area contributed by atoms with Gasteiger partial charge in [0.2, 0.25) is 11.8 Å². The first-order valence-corrected chi connectivity index (χ1v) is 11.4. The Hall–Kier alpha value is -3.64. The maximum atomic E-state index is 12.2. The average molecular weight is 443 g/mol. The molecule has 1 aliphatic rings. The number of hydrogen-bond donors (Lipinski definition) is 2. The normalized spacial score (nSPS) is 14.0. The van der Waals surface area contributed by atoms with E-state index in [4.69, 9.17) is 0 Å². The molecular formula is C27H30N4O2. The molecule has 3 aromatic rings. The Balaban J connectivity index is 1.13. The van der Waals surface area contributed by atoms with Crippen LogP contribution in [-0.4, -0.2) is 49.4 Å². The molecule has 2 N–H and O–H groups in total. The Morgan fingerprint density at radius 2 is 1.24 bits per heavy atom. The molecular weight excluding hydrogens is 412 g/mol. The number of hydrogen-bond acceptors (Lipinski definition) is 4. The van der Waals surface area contributed by atoms with Crippen molar-refractivity contribution in [3.8, 4) is 11.1 Å². The molecule has 0 bridgehead atoms. The van der Waals surface area contributed by atoms with Crippen molar-refractivity contribution in [1.29, 1.82) is 0 Å². The van der Waals surface area contributed by atoms with Crippen molar-refractivity contribution >= 4 is 17.5 Å². The van der Waals surface area contributed by atoms with E-state index in [0.29, 0.717) is 13.0 Å². The standard InChI is InChI=1S/C27H30N4O2/c32-26(15-16-30-17-19-31(20-18-30)25-9-5-2-6-10-25)28-29-27(33)21-22-11-13-24(14-12-22)23-7-3-1-4-8-23/h1-14H,15-21H2,(H,28,32)(H,29,33). The fraction of sp³-hybridized carbons (Fsp3) is 0.259. The number of carbonyl (C=O) groups is 2. The largest absolute Gasteiger partial charge is 0.369 e. The van der Waals surface area contributed by atoms with Crippen LogP contribution < -0.4 is 15.8 Å². The molecule has 170 valence electrons. The first-order chi connectivity index (χ1) is 16.2.